The van der Waals surface area contributed by atoms with Crippen molar-refractivity contribution in [2.45, 2.75) is 63.0 Å². The number of nitrogens with zero attached hydrogens (tertiary/aromatic N) is 2. The summed E-state index contributed by atoms with van der Waals surface area (Å²) in [4.78, 5) is 28.6. The molecule has 2 aliphatic rings. The minimum absolute atomic E-state index is 0.00455. The number of aliphatic hydroxyl groups excluding tert-OH is 1. The van der Waals surface area contributed by atoms with E-state index in [4.69, 9.17) is 9.47 Å². The zero-order valence-corrected chi connectivity index (χ0v) is 25.0. The largest absolute Gasteiger partial charge is 0.497 e. The van der Waals surface area contributed by atoms with Crippen LogP contribution in [0.5, 0.6) is 11.5 Å². The summed E-state index contributed by atoms with van der Waals surface area (Å²) < 4.78 is 39.8. The van der Waals surface area contributed by atoms with E-state index in [1.165, 1.54) is 30.6 Å². The smallest absolute Gasteiger partial charge is 0.258 e. The van der Waals surface area contributed by atoms with Crippen LogP contribution in [0.4, 0.5) is 5.69 Å². The van der Waals surface area contributed by atoms with Gasteiger partial charge < -0.3 is 24.8 Å². The number of anilines is 1. The second-order valence-electron chi connectivity index (χ2n) is 11.1. The lowest BCUT2D eigenvalue weighted by atomic mass is 9.88. The van der Waals surface area contributed by atoms with Crippen molar-refractivity contribution in [2.24, 2.45) is 11.8 Å². The Morgan fingerprint density at radius 3 is 2.49 bits per heavy atom. The molecule has 0 aromatic heterocycles. The van der Waals surface area contributed by atoms with Crippen molar-refractivity contribution in [3.8, 4) is 11.5 Å². The van der Waals surface area contributed by atoms with E-state index >= 15 is 0 Å². The quantitative estimate of drug-likeness (QED) is 0.458. The van der Waals surface area contributed by atoms with Gasteiger partial charge in [-0.15, -0.1) is 0 Å². The number of hydrogen-bond acceptors (Lipinski definition) is 7. The van der Waals surface area contributed by atoms with Crippen molar-refractivity contribution in [2.75, 3.05) is 39.2 Å². The lowest BCUT2D eigenvalue weighted by molar-refractivity contribution is -0.120. The number of amides is 2. The average molecular weight is 588 g/mol. The first-order valence-corrected chi connectivity index (χ1v) is 15.6. The first-order chi connectivity index (χ1) is 19.6. The minimum atomic E-state index is -3.87. The summed E-state index contributed by atoms with van der Waals surface area (Å²) in [6, 6.07) is 10.7. The van der Waals surface area contributed by atoms with Crippen molar-refractivity contribution in [1.29, 1.82) is 0 Å². The van der Waals surface area contributed by atoms with Crippen LogP contribution in [-0.4, -0.2) is 80.5 Å². The van der Waals surface area contributed by atoms with Gasteiger partial charge in [0.05, 0.1) is 42.4 Å². The maximum Gasteiger partial charge on any atom is 0.258 e. The minimum Gasteiger partial charge on any atom is -0.497 e. The van der Waals surface area contributed by atoms with E-state index in [2.05, 4.69) is 5.32 Å². The van der Waals surface area contributed by atoms with Crippen LogP contribution >= 0.6 is 0 Å². The number of para-hydroxylation sites is 1. The maximum absolute atomic E-state index is 13.7. The number of sulfonamides is 1. The fraction of sp³-hybridized carbons (Fsp3) is 0.533. The topological polar surface area (TPSA) is 125 Å². The number of aliphatic hydroxyl groups is 1. The third-order valence-electron chi connectivity index (χ3n) is 8.13. The van der Waals surface area contributed by atoms with Crippen molar-refractivity contribution < 1.29 is 32.6 Å². The highest BCUT2D eigenvalue weighted by molar-refractivity contribution is 7.89. The van der Waals surface area contributed by atoms with Crippen LogP contribution in [0.2, 0.25) is 0 Å². The molecule has 1 saturated carbocycles. The molecule has 4 rings (SSSR count). The number of ether oxygens (including phenoxy) is 2. The molecule has 0 spiro atoms. The molecule has 2 amide bonds. The highest BCUT2D eigenvalue weighted by atomic mass is 32.2. The van der Waals surface area contributed by atoms with Crippen LogP contribution in [0, 0.1) is 11.8 Å². The molecule has 1 fully saturated rings. The molecule has 2 aromatic rings. The summed E-state index contributed by atoms with van der Waals surface area (Å²) in [7, 11) is -0.863. The van der Waals surface area contributed by atoms with Gasteiger partial charge in [-0.3, -0.25) is 9.59 Å². The Balaban J connectivity index is 1.68. The van der Waals surface area contributed by atoms with Gasteiger partial charge in [0.25, 0.3) is 5.91 Å². The van der Waals surface area contributed by atoms with E-state index in [9.17, 15) is 23.1 Å². The Kier molecular flexibility index (Phi) is 9.93. The molecule has 41 heavy (non-hydrogen) atoms. The molecule has 10 nitrogen and oxygen atoms in total. The van der Waals surface area contributed by atoms with Crippen LogP contribution in [0.3, 0.4) is 0 Å². The molecule has 0 unspecified atom stereocenters. The number of rotatable bonds is 9. The van der Waals surface area contributed by atoms with Gasteiger partial charge in [-0.1, -0.05) is 32.3 Å². The van der Waals surface area contributed by atoms with Gasteiger partial charge in [0.2, 0.25) is 15.9 Å². The fourth-order valence-electron chi connectivity index (χ4n) is 5.44. The summed E-state index contributed by atoms with van der Waals surface area (Å²) in [6.07, 6.45) is 4.09. The number of carbonyl (C=O) groups excluding carboxylic acids is 2. The number of hydrogen-bond donors (Lipinski definition) is 2. The second-order valence-corrected chi connectivity index (χ2v) is 13.1. The number of nitrogens with one attached hydrogen (secondary N) is 1. The van der Waals surface area contributed by atoms with E-state index in [0.717, 1.165) is 32.1 Å². The highest BCUT2D eigenvalue weighted by Gasteiger charge is 2.36. The molecule has 1 aliphatic carbocycles. The maximum atomic E-state index is 13.7. The number of fused-ring (bicyclic) bond motifs is 1. The zero-order valence-electron chi connectivity index (χ0n) is 24.2. The standard InChI is InChI=1S/C30H41N3O7S/c1-20-17-33(21(2)19-34)30(36)25-11-8-12-26(31-29(35)22-9-6-5-7-10-22)28(25)40-27(20)18-32(3)41(37,38)24-15-13-23(39-4)14-16-24/h8,11-16,20-22,27,34H,5-7,9-10,17-19H2,1-4H3,(H,31,35)/t20-,21-,27-/m0/s1. The van der Waals surface area contributed by atoms with Gasteiger partial charge >= 0.3 is 0 Å². The van der Waals surface area contributed by atoms with Crippen molar-refractivity contribution in [1.82, 2.24) is 9.21 Å². The lowest BCUT2D eigenvalue weighted by Crippen LogP contribution is -2.50. The van der Waals surface area contributed by atoms with E-state index in [0.29, 0.717) is 11.4 Å². The number of methoxy groups -OCH3 is 1. The third-order valence-corrected chi connectivity index (χ3v) is 9.97. The highest BCUT2D eigenvalue weighted by Crippen LogP contribution is 2.36. The second kappa shape index (κ2) is 13.2. The molecule has 1 aliphatic heterocycles. The van der Waals surface area contributed by atoms with Crippen LogP contribution in [-0.2, 0) is 14.8 Å². The van der Waals surface area contributed by atoms with Crippen LogP contribution in [0.1, 0.15) is 56.3 Å². The van der Waals surface area contributed by atoms with Crippen LogP contribution in [0.15, 0.2) is 47.4 Å². The van der Waals surface area contributed by atoms with E-state index < -0.39 is 22.2 Å². The van der Waals surface area contributed by atoms with Crippen molar-refractivity contribution in [3.63, 3.8) is 0 Å². The number of likely N-dealkylation sites (N-methyl/N-ethyl adjacent to an activating group) is 1. The Bertz CT molecular complexity index is 1330. The average Bonchev–Trinajstić information content (AvgIpc) is 2.99. The van der Waals surface area contributed by atoms with Gasteiger partial charge in [-0.05, 0) is 56.2 Å². The Labute approximate surface area is 242 Å². The molecule has 1 heterocycles. The summed E-state index contributed by atoms with van der Waals surface area (Å²) >= 11 is 0. The first kappa shape index (κ1) is 30.8. The SMILES string of the molecule is COc1ccc(S(=O)(=O)N(C)C[C@@H]2Oc3c(NC(=O)C4CCCCC4)cccc3C(=O)N([C@@H](C)CO)C[C@@H]2C)cc1. The molecule has 2 N–H and O–H groups in total. The molecular formula is C30H41N3O7S. The molecule has 0 saturated heterocycles. The van der Waals surface area contributed by atoms with E-state index in [1.807, 2.05) is 6.92 Å². The Morgan fingerprint density at radius 2 is 1.85 bits per heavy atom. The summed E-state index contributed by atoms with van der Waals surface area (Å²) in [5.74, 6) is -0.0863. The van der Waals surface area contributed by atoms with E-state index in [1.54, 1.807) is 42.2 Å². The van der Waals surface area contributed by atoms with E-state index in [-0.39, 0.29) is 59.6 Å². The number of carbonyl (C=O) groups is 2. The summed E-state index contributed by atoms with van der Waals surface area (Å²) in [5.41, 5.74) is 0.632. The van der Waals surface area contributed by atoms with Gasteiger partial charge in [0.15, 0.2) is 5.75 Å². The lowest BCUT2D eigenvalue weighted by Gasteiger charge is -2.38. The predicted octanol–water partition coefficient (Wildman–Crippen LogP) is 3.75. The summed E-state index contributed by atoms with van der Waals surface area (Å²) in [5, 5.41) is 12.9. The van der Waals surface area contributed by atoms with Crippen molar-refractivity contribution in [3.05, 3.63) is 48.0 Å². The van der Waals surface area contributed by atoms with Gasteiger partial charge in [-0.2, -0.15) is 4.31 Å². The molecule has 0 radical (unpaired) electrons. The molecule has 11 heteroatoms. The molecule has 224 valence electrons. The monoisotopic (exact) mass is 587 g/mol. The summed E-state index contributed by atoms with van der Waals surface area (Å²) in [6.45, 7) is 3.66. The molecule has 2 aromatic carbocycles. The predicted molar refractivity (Wildman–Crippen MR) is 156 cm³/mol. The van der Waals surface area contributed by atoms with Crippen LogP contribution in [0.25, 0.3) is 0 Å². The molecular weight excluding hydrogens is 546 g/mol. The first-order valence-electron chi connectivity index (χ1n) is 14.2. The fourth-order valence-corrected chi connectivity index (χ4v) is 6.62. The molecule has 3 atom stereocenters. The number of benzene rings is 2. The molecule has 0 bridgehead atoms. The van der Waals surface area contributed by atoms with Gasteiger partial charge in [0.1, 0.15) is 11.9 Å². The normalized spacial score (nSPS) is 20.9. The van der Waals surface area contributed by atoms with Crippen LogP contribution < -0.4 is 14.8 Å². The van der Waals surface area contributed by atoms with Gasteiger partial charge in [-0.25, -0.2) is 8.42 Å². The zero-order chi connectivity index (χ0) is 29.7. The van der Waals surface area contributed by atoms with Crippen molar-refractivity contribution >= 4 is 27.5 Å². The third kappa shape index (κ3) is 6.85. The Hall–Kier alpha value is -3.15. The van der Waals surface area contributed by atoms with Gasteiger partial charge in [0, 0.05) is 25.4 Å². The Morgan fingerprint density at radius 1 is 1.17 bits per heavy atom.